The number of hydrogen-bond acceptors (Lipinski definition) is 5. The average Bonchev–Trinajstić information content (AvgIpc) is 2.90. The zero-order chi connectivity index (χ0) is 15.0. The van der Waals surface area contributed by atoms with E-state index in [1.807, 2.05) is 0 Å². The van der Waals surface area contributed by atoms with Crippen LogP contribution >= 0.6 is 0 Å². The summed E-state index contributed by atoms with van der Waals surface area (Å²) in [5.74, 6) is 0.486. The molecule has 108 valence electrons. The van der Waals surface area contributed by atoms with E-state index in [-0.39, 0.29) is 4.90 Å². The summed E-state index contributed by atoms with van der Waals surface area (Å²) in [4.78, 5) is 4.16. The first kappa shape index (κ1) is 13.5. The minimum atomic E-state index is -3.70. The number of fused-ring (bicyclic) bond motifs is 1. The molecule has 7 nitrogen and oxygen atoms in total. The van der Waals surface area contributed by atoms with E-state index < -0.39 is 10.0 Å². The zero-order valence-electron chi connectivity index (χ0n) is 11.1. The minimum Gasteiger partial charge on any atom is -0.480 e. The third kappa shape index (κ3) is 2.34. The molecule has 0 saturated heterocycles. The maximum Gasteiger partial charge on any atom is 0.238 e. The Bertz CT molecular complexity index is 901. The van der Waals surface area contributed by atoms with Crippen LogP contribution in [0, 0.1) is 0 Å². The maximum atomic E-state index is 11.3. The molecule has 0 aliphatic heterocycles. The first-order valence-electron chi connectivity index (χ1n) is 6.00. The lowest BCUT2D eigenvalue weighted by Gasteiger charge is -2.05. The normalized spacial score (nSPS) is 11.7. The highest BCUT2D eigenvalue weighted by atomic mass is 32.2. The standard InChI is InChI=1S/C13H12N4O3S/c1-20-13-11-8-16-17(12(11)6-7-15-13)9-2-4-10(5-3-9)21(14,18)19/h2-8H,1H3,(H2,14,18,19). The molecule has 3 rings (SSSR count). The van der Waals surface area contributed by atoms with Gasteiger partial charge in [0, 0.05) is 6.20 Å². The van der Waals surface area contributed by atoms with Crippen molar-refractivity contribution < 1.29 is 13.2 Å². The molecule has 2 aromatic heterocycles. The molecule has 0 saturated carbocycles. The summed E-state index contributed by atoms with van der Waals surface area (Å²) < 4.78 is 29.4. The number of benzene rings is 1. The van der Waals surface area contributed by atoms with Crippen molar-refractivity contribution in [1.82, 2.24) is 14.8 Å². The largest absolute Gasteiger partial charge is 0.480 e. The first-order chi connectivity index (χ1) is 10.0. The van der Waals surface area contributed by atoms with Gasteiger partial charge in [-0.3, -0.25) is 0 Å². The number of sulfonamides is 1. The van der Waals surface area contributed by atoms with Gasteiger partial charge in [0.2, 0.25) is 15.9 Å². The van der Waals surface area contributed by atoms with Gasteiger partial charge in [0.1, 0.15) is 0 Å². The molecule has 0 unspecified atom stereocenters. The number of pyridine rings is 1. The van der Waals surface area contributed by atoms with Crippen LogP contribution in [0.4, 0.5) is 0 Å². The van der Waals surface area contributed by atoms with E-state index in [0.29, 0.717) is 11.6 Å². The molecule has 0 amide bonds. The Morgan fingerprint density at radius 2 is 1.90 bits per heavy atom. The van der Waals surface area contributed by atoms with Gasteiger partial charge < -0.3 is 4.74 Å². The molecule has 0 fully saturated rings. The predicted molar refractivity (Wildman–Crippen MR) is 76.8 cm³/mol. The maximum absolute atomic E-state index is 11.3. The number of aromatic nitrogens is 3. The number of methoxy groups -OCH3 is 1. The van der Waals surface area contributed by atoms with Gasteiger partial charge in [-0.25, -0.2) is 23.2 Å². The molecule has 0 spiro atoms. The van der Waals surface area contributed by atoms with Crippen molar-refractivity contribution in [3.8, 4) is 11.6 Å². The number of nitrogens with zero attached hydrogens (tertiary/aromatic N) is 3. The highest BCUT2D eigenvalue weighted by Gasteiger charge is 2.11. The summed E-state index contributed by atoms with van der Waals surface area (Å²) in [5, 5.41) is 10.1. The van der Waals surface area contributed by atoms with E-state index in [4.69, 9.17) is 9.88 Å². The SMILES string of the molecule is COc1nccc2c1cnn2-c1ccc(S(N)(=O)=O)cc1. The molecule has 2 heterocycles. The Labute approximate surface area is 121 Å². The highest BCUT2D eigenvalue weighted by molar-refractivity contribution is 7.89. The van der Waals surface area contributed by atoms with E-state index in [2.05, 4.69) is 10.1 Å². The Kier molecular flexibility index (Phi) is 3.11. The van der Waals surface area contributed by atoms with Crippen LogP contribution in [0.15, 0.2) is 47.6 Å². The van der Waals surface area contributed by atoms with E-state index in [1.165, 1.54) is 12.1 Å². The number of ether oxygens (including phenoxy) is 1. The van der Waals surface area contributed by atoms with Crippen molar-refractivity contribution >= 4 is 20.9 Å². The molecular formula is C13H12N4O3S. The van der Waals surface area contributed by atoms with Crippen molar-refractivity contribution in [2.75, 3.05) is 7.11 Å². The molecular weight excluding hydrogens is 292 g/mol. The van der Waals surface area contributed by atoms with Crippen LogP contribution in [0.1, 0.15) is 0 Å². The number of rotatable bonds is 3. The third-order valence-electron chi connectivity index (χ3n) is 3.06. The van der Waals surface area contributed by atoms with Crippen molar-refractivity contribution in [1.29, 1.82) is 0 Å². The third-order valence-corrected chi connectivity index (χ3v) is 3.99. The number of nitrogens with two attached hydrogens (primary N) is 1. The van der Waals surface area contributed by atoms with Gasteiger partial charge >= 0.3 is 0 Å². The molecule has 1 aromatic carbocycles. The average molecular weight is 304 g/mol. The number of hydrogen-bond donors (Lipinski definition) is 1. The van der Waals surface area contributed by atoms with Gasteiger partial charge in [-0.1, -0.05) is 0 Å². The lowest BCUT2D eigenvalue weighted by molar-refractivity contribution is 0.403. The molecule has 0 radical (unpaired) electrons. The fourth-order valence-electron chi connectivity index (χ4n) is 2.07. The van der Waals surface area contributed by atoms with E-state index in [0.717, 1.165) is 10.9 Å². The molecule has 0 aliphatic carbocycles. The van der Waals surface area contributed by atoms with Crippen LogP contribution in [-0.4, -0.2) is 30.3 Å². The molecule has 2 N–H and O–H groups in total. The van der Waals surface area contributed by atoms with Crippen LogP contribution in [0.25, 0.3) is 16.6 Å². The summed E-state index contributed by atoms with van der Waals surface area (Å²) in [6.07, 6.45) is 3.27. The van der Waals surface area contributed by atoms with Gasteiger partial charge in [-0.05, 0) is 30.3 Å². The van der Waals surface area contributed by atoms with Crippen molar-refractivity contribution in [3.05, 3.63) is 42.7 Å². The van der Waals surface area contributed by atoms with E-state index >= 15 is 0 Å². The Morgan fingerprint density at radius 3 is 2.52 bits per heavy atom. The van der Waals surface area contributed by atoms with Crippen LogP contribution in [-0.2, 0) is 10.0 Å². The quantitative estimate of drug-likeness (QED) is 0.780. The van der Waals surface area contributed by atoms with Crippen LogP contribution in [0.2, 0.25) is 0 Å². The fraction of sp³-hybridized carbons (Fsp3) is 0.0769. The second kappa shape index (κ2) is 4.83. The van der Waals surface area contributed by atoms with E-state index in [1.54, 1.807) is 42.4 Å². The topological polar surface area (TPSA) is 100 Å². The van der Waals surface area contributed by atoms with Crippen LogP contribution < -0.4 is 9.88 Å². The van der Waals surface area contributed by atoms with Gasteiger partial charge in [0.15, 0.2) is 0 Å². The van der Waals surface area contributed by atoms with Crippen LogP contribution in [0.5, 0.6) is 5.88 Å². The number of primary sulfonamides is 1. The Morgan fingerprint density at radius 1 is 1.19 bits per heavy atom. The lowest BCUT2D eigenvalue weighted by Crippen LogP contribution is -2.12. The van der Waals surface area contributed by atoms with Gasteiger partial charge in [0.25, 0.3) is 0 Å². The first-order valence-corrected chi connectivity index (χ1v) is 7.55. The summed E-state index contributed by atoms with van der Waals surface area (Å²) >= 11 is 0. The highest BCUT2D eigenvalue weighted by Crippen LogP contribution is 2.24. The van der Waals surface area contributed by atoms with Crippen molar-refractivity contribution in [2.45, 2.75) is 4.90 Å². The van der Waals surface area contributed by atoms with Gasteiger partial charge in [0.05, 0.1) is 34.8 Å². The van der Waals surface area contributed by atoms with E-state index in [9.17, 15) is 8.42 Å². The van der Waals surface area contributed by atoms with Crippen LogP contribution in [0.3, 0.4) is 0 Å². The summed E-state index contributed by atoms with van der Waals surface area (Å²) in [6, 6.07) is 7.96. The van der Waals surface area contributed by atoms with Crippen molar-refractivity contribution in [2.24, 2.45) is 5.14 Å². The van der Waals surface area contributed by atoms with Gasteiger partial charge in [-0.2, -0.15) is 5.10 Å². The second-order valence-corrected chi connectivity index (χ2v) is 5.91. The molecule has 3 aromatic rings. The summed E-state index contributed by atoms with van der Waals surface area (Å²) in [5.41, 5.74) is 1.52. The fourth-order valence-corrected chi connectivity index (χ4v) is 2.59. The Balaban J connectivity index is 2.13. The van der Waals surface area contributed by atoms with Crippen molar-refractivity contribution in [3.63, 3.8) is 0 Å². The summed E-state index contributed by atoms with van der Waals surface area (Å²) in [7, 11) is -2.16. The zero-order valence-corrected chi connectivity index (χ0v) is 11.9. The molecule has 0 aliphatic rings. The monoisotopic (exact) mass is 304 g/mol. The smallest absolute Gasteiger partial charge is 0.238 e. The predicted octanol–water partition coefficient (Wildman–Crippen LogP) is 1.08. The Hall–Kier alpha value is -2.45. The minimum absolute atomic E-state index is 0.0574. The molecule has 8 heteroatoms. The lowest BCUT2D eigenvalue weighted by atomic mass is 10.3. The molecule has 21 heavy (non-hydrogen) atoms. The molecule has 0 bridgehead atoms. The summed E-state index contributed by atoms with van der Waals surface area (Å²) in [6.45, 7) is 0. The molecule has 0 atom stereocenters. The van der Waals surface area contributed by atoms with Gasteiger partial charge in [-0.15, -0.1) is 0 Å². The second-order valence-electron chi connectivity index (χ2n) is 4.35.